The summed E-state index contributed by atoms with van der Waals surface area (Å²) >= 11 is 7.52. The number of anilines is 1. The normalized spacial score (nSPS) is 18.5. The van der Waals surface area contributed by atoms with E-state index in [0.717, 1.165) is 4.91 Å². The van der Waals surface area contributed by atoms with Gasteiger partial charge in [-0.05, 0) is 24.0 Å². The van der Waals surface area contributed by atoms with Crippen molar-refractivity contribution in [3.63, 3.8) is 0 Å². The molecule has 1 aliphatic rings. The van der Waals surface area contributed by atoms with Gasteiger partial charge in [-0.15, -0.1) is 6.42 Å². The fourth-order valence-electron chi connectivity index (χ4n) is 2.81. The molecule has 0 spiro atoms. The standard InChI is InChI=1S/C20H18ClN5O2S/c1-4-7-28-14-9-15(21)17(24-11-14)18(27)25-13-5-6-23-16(8-13)20(3)10-12(2)29-19(22)26-20/h1,5-6,8-9,11H,2,7,10H2,3H3,(H2,22,26)(H,23,25,27)/t20-/m0/s1. The van der Waals surface area contributed by atoms with E-state index in [1.165, 1.54) is 24.0 Å². The summed E-state index contributed by atoms with van der Waals surface area (Å²) < 4.78 is 5.25. The predicted octanol–water partition coefficient (Wildman–Crippen LogP) is 3.57. The van der Waals surface area contributed by atoms with Gasteiger partial charge >= 0.3 is 0 Å². The molecule has 3 N–H and O–H groups in total. The highest BCUT2D eigenvalue weighted by molar-refractivity contribution is 8.17. The Labute approximate surface area is 177 Å². The molecule has 3 rings (SSSR count). The average molecular weight is 428 g/mol. The zero-order valence-corrected chi connectivity index (χ0v) is 17.2. The topological polar surface area (TPSA) is 102 Å². The number of halogens is 1. The fourth-order valence-corrected chi connectivity index (χ4v) is 3.94. The van der Waals surface area contributed by atoms with E-state index in [1.54, 1.807) is 18.3 Å². The molecule has 0 aliphatic carbocycles. The van der Waals surface area contributed by atoms with Gasteiger partial charge in [0.05, 0.1) is 16.9 Å². The Bertz CT molecular complexity index is 1050. The molecule has 0 aromatic carbocycles. The second-order valence-electron chi connectivity index (χ2n) is 6.42. The maximum absolute atomic E-state index is 12.6. The number of nitrogens with two attached hydrogens (primary N) is 1. The minimum Gasteiger partial charge on any atom is -0.479 e. The van der Waals surface area contributed by atoms with Crippen LogP contribution < -0.4 is 15.8 Å². The van der Waals surface area contributed by atoms with E-state index in [2.05, 4.69) is 32.8 Å². The first-order valence-electron chi connectivity index (χ1n) is 8.51. The smallest absolute Gasteiger partial charge is 0.275 e. The van der Waals surface area contributed by atoms with E-state index < -0.39 is 11.4 Å². The molecule has 0 fully saturated rings. The summed E-state index contributed by atoms with van der Waals surface area (Å²) in [5.74, 6) is 2.26. The monoisotopic (exact) mass is 427 g/mol. The molecule has 7 nitrogen and oxygen atoms in total. The van der Waals surface area contributed by atoms with Crippen LogP contribution in [-0.2, 0) is 5.54 Å². The number of amides is 1. The predicted molar refractivity (Wildman–Crippen MR) is 116 cm³/mol. The maximum atomic E-state index is 12.6. The number of ether oxygens (including phenoxy) is 1. The first-order chi connectivity index (χ1) is 13.8. The molecule has 9 heteroatoms. The highest BCUT2D eigenvalue weighted by atomic mass is 35.5. The highest BCUT2D eigenvalue weighted by Crippen LogP contribution is 2.39. The molecule has 1 atom stereocenters. The van der Waals surface area contributed by atoms with Gasteiger partial charge in [-0.2, -0.15) is 0 Å². The zero-order chi connectivity index (χ0) is 21.0. The van der Waals surface area contributed by atoms with Crippen molar-refractivity contribution in [2.45, 2.75) is 18.9 Å². The van der Waals surface area contributed by atoms with Crippen molar-refractivity contribution in [1.82, 2.24) is 9.97 Å². The summed E-state index contributed by atoms with van der Waals surface area (Å²) in [6.07, 6.45) is 8.73. The second-order valence-corrected chi connectivity index (χ2v) is 8.03. The summed E-state index contributed by atoms with van der Waals surface area (Å²) in [4.78, 5) is 26.5. The number of aliphatic imine (C=N–C) groups is 1. The van der Waals surface area contributed by atoms with Gasteiger partial charge in [0.1, 0.15) is 23.6 Å². The van der Waals surface area contributed by atoms with Crippen LogP contribution in [0.3, 0.4) is 0 Å². The Morgan fingerprint density at radius 1 is 1.52 bits per heavy atom. The molecular formula is C20H18ClN5O2S. The Balaban J connectivity index is 1.80. The number of hydrogen-bond acceptors (Lipinski definition) is 7. The van der Waals surface area contributed by atoms with Crippen molar-refractivity contribution >= 4 is 40.1 Å². The number of carbonyl (C=O) groups is 1. The minimum absolute atomic E-state index is 0.0639. The quantitative estimate of drug-likeness (QED) is 0.707. The van der Waals surface area contributed by atoms with Crippen LogP contribution in [0.25, 0.3) is 0 Å². The van der Waals surface area contributed by atoms with Gasteiger partial charge in [0.15, 0.2) is 5.17 Å². The van der Waals surface area contributed by atoms with E-state index in [1.807, 2.05) is 6.92 Å². The lowest BCUT2D eigenvalue weighted by atomic mass is 9.93. The van der Waals surface area contributed by atoms with Crippen molar-refractivity contribution in [3.05, 3.63) is 58.5 Å². The van der Waals surface area contributed by atoms with Crippen LogP contribution in [0.4, 0.5) is 5.69 Å². The molecule has 1 amide bonds. The van der Waals surface area contributed by atoms with Gasteiger partial charge in [0.25, 0.3) is 5.91 Å². The van der Waals surface area contributed by atoms with Crippen LogP contribution in [0.2, 0.25) is 5.02 Å². The fraction of sp³-hybridized carbons (Fsp3) is 0.200. The van der Waals surface area contributed by atoms with E-state index in [4.69, 9.17) is 28.5 Å². The number of amidine groups is 1. The molecule has 2 aromatic rings. The van der Waals surface area contributed by atoms with Crippen molar-refractivity contribution < 1.29 is 9.53 Å². The number of thioether (sulfide) groups is 1. The molecule has 29 heavy (non-hydrogen) atoms. The molecule has 3 heterocycles. The average Bonchev–Trinajstić information content (AvgIpc) is 2.65. The number of rotatable bonds is 5. The lowest BCUT2D eigenvalue weighted by molar-refractivity contribution is 0.102. The largest absolute Gasteiger partial charge is 0.479 e. The molecular weight excluding hydrogens is 410 g/mol. The van der Waals surface area contributed by atoms with Crippen LogP contribution >= 0.6 is 23.4 Å². The molecule has 1 aliphatic heterocycles. The van der Waals surface area contributed by atoms with Crippen molar-refractivity contribution in [2.24, 2.45) is 10.7 Å². The summed E-state index contributed by atoms with van der Waals surface area (Å²) in [6.45, 7) is 6.00. The number of hydrogen-bond donors (Lipinski definition) is 2. The number of terminal acetylenes is 1. The molecule has 2 aromatic heterocycles. The summed E-state index contributed by atoms with van der Waals surface area (Å²) in [7, 11) is 0. The van der Waals surface area contributed by atoms with Crippen LogP contribution in [0.5, 0.6) is 5.75 Å². The lowest BCUT2D eigenvalue weighted by Crippen LogP contribution is -2.29. The molecule has 0 bridgehead atoms. The van der Waals surface area contributed by atoms with Crippen LogP contribution in [-0.4, -0.2) is 27.6 Å². The van der Waals surface area contributed by atoms with Crippen molar-refractivity contribution in [2.75, 3.05) is 11.9 Å². The Morgan fingerprint density at radius 3 is 3.00 bits per heavy atom. The SMILES string of the molecule is C#CCOc1cnc(C(=O)Nc2ccnc([C@]3(C)CC(=C)SC(N)=N3)c2)c(Cl)c1. The molecule has 0 unspecified atom stereocenters. The summed E-state index contributed by atoms with van der Waals surface area (Å²) in [6, 6.07) is 4.90. The van der Waals surface area contributed by atoms with Gasteiger partial charge in [0, 0.05) is 24.4 Å². The first-order valence-corrected chi connectivity index (χ1v) is 9.71. The Morgan fingerprint density at radius 2 is 2.31 bits per heavy atom. The number of nitrogens with one attached hydrogen (secondary N) is 1. The van der Waals surface area contributed by atoms with Gasteiger partial charge < -0.3 is 15.8 Å². The van der Waals surface area contributed by atoms with Crippen molar-refractivity contribution in [1.29, 1.82) is 0 Å². The Hall–Kier alpha value is -3.02. The summed E-state index contributed by atoms with van der Waals surface area (Å²) in [5.41, 5.74) is 6.51. The number of aromatic nitrogens is 2. The van der Waals surface area contributed by atoms with Crippen LogP contribution in [0, 0.1) is 12.3 Å². The third-order valence-electron chi connectivity index (χ3n) is 4.07. The molecule has 0 saturated carbocycles. The van der Waals surface area contributed by atoms with Gasteiger partial charge in [-0.3, -0.25) is 9.78 Å². The van der Waals surface area contributed by atoms with Crippen LogP contribution in [0.1, 0.15) is 29.5 Å². The second kappa shape index (κ2) is 8.55. The van der Waals surface area contributed by atoms with E-state index in [0.29, 0.717) is 28.7 Å². The number of pyridine rings is 2. The minimum atomic E-state index is -0.654. The number of carbonyl (C=O) groups excluding carboxylic acids is 1. The van der Waals surface area contributed by atoms with E-state index in [-0.39, 0.29) is 17.3 Å². The van der Waals surface area contributed by atoms with Crippen molar-refractivity contribution in [3.8, 4) is 18.1 Å². The van der Waals surface area contributed by atoms with Gasteiger partial charge in [0.2, 0.25) is 0 Å². The maximum Gasteiger partial charge on any atom is 0.275 e. The zero-order valence-electron chi connectivity index (χ0n) is 15.6. The van der Waals surface area contributed by atoms with Gasteiger partial charge in [-0.25, -0.2) is 9.98 Å². The third kappa shape index (κ3) is 4.88. The van der Waals surface area contributed by atoms with Gasteiger partial charge in [-0.1, -0.05) is 35.9 Å². The summed E-state index contributed by atoms with van der Waals surface area (Å²) in [5, 5.41) is 3.36. The molecule has 148 valence electrons. The highest BCUT2D eigenvalue weighted by Gasteiger charge is 2.33. The van der Waals surface area contributed by atoms with E-state index >= 15 is 0 Å². The third-order valence-corrected chi connectivity index (χ3v) is 5.09. The molecule has 0 saturated heterocycles. The van der Waals surface area contributed by atoms with E-state index in [9.17, 15) is 4.79 Å². The molecule has 0 radical (unpaired) electrons. The Kier molecular flexibility index (Phi) is 6.11. The lowest BCUT2D eigenvalue weighted by Gasteiger charge is -2.30. The first kappa shape index (κ1) is 20.7. The van der Waals surface area contributed by atoms with Crippen LogP contribution in [0.15, 0.2) is 47.1 Å². The number of nitrogens with zero attached hydrogens (tertiary/aromatic N) is 3.